The van der Waals surface area contributed by atoms with Crippen molar-refractivity contribution in [3.63, 3.8) is 0 Å². The van der Waals surface area contributed by atoms with Gasteiger partial charge in [-0.15, -0.1) is 0 Å². The molecule has 2 rings (SSSR count). The average Bonchev–Trinajstić information content (AvgIpc) is 2.77. The normalized spacial score (nSPS) is 29.9. The average molecular weight is 261 g/mol. The van der Waals surface area contributed by atoms with E-state index in [2.05, 4.69) is 6.92 Å². The first kappa shape index (κ1) is 13.3. The molecule has 5 nitrogen and oxygen atoms in total. The molecule has 0 aromatic rings. The first-order valence-electron chi connectivity index (χ1n) is 6.49. The van der Waals surface area contributed by atoms with Gasteiger partial charge in [0.2, 0.25) is 0 Å². The van der Waals surface area contributed by atoms with Crippen molar-refractivity contribution in [2.75, 3.05) is 32.7 Å². The highest BCUT2D eigenvalue weighted by Gasteiger charge is 2.35. The minimum absolute atomic E-state index is 0.492. The van der Waals surface area contributed by atoms with Crippen LogP contribution in [0, 0.1) is 11.8 Å². The number of piperidine rings is 1. The highest BCUT2D eigenvalue weighted by molar-refractivity contribution is 7.86. The number of nitrogens with zero attached hydrogens (tertiary/aromatic N) is 2. The van der Waals surface area contributed by atoms with E-state index >= 15 is 0 Å². The molecule has 0 bridgehead atoms. The Bertz CT molecular complexity index is 350. The van der Waals surface area contributed by atoms with Crippen molar-refractivity contribution in [2.45, 2.75) is 26.2 Å². The van der Waals surface area contributed by atoms with Gasteiger partial charge in [0.25, 0.3) is 10.2 Å². The molecule has 2 heterocycles. The Morgan fingerprint density at radius 3 is 2.18 bits per heavy atom. The molecule has 2 aliphatic rings. The zero-order chi connectivity index (χ0) is 12.5. The second kappa shape index (κ2) is 5.22. The molecule has 0 aliphatic carbocycles. The third-order valence-corrected chi connectivity index (χ3v) is 5.95. The van der Waals surface area contributed by atoms with Crippen molar-refractivity contribution in [1.29, 1.82) is 0 Å². The lowest BCUT2D eigenvalue weighted by atomic mass is 9.99. The first-order valence-corrected chi connectivity index (χ1v) is 7.89. The highest BCUT2D eigenvalue weighted by Crippen LogP contribution is 2.24. The molecule has 0 saturated carbocycles. The second-order valence-electron chi connectivity index (χ2n) is 5.34. The van der Waals surface area contributed by atoms with E-state index in [1.54, 1.807) is 8.61 Å². The van der Waals surface area contributed by atoms with Crippen LogP contribution in [0.2, 0.25) is 0 Å². The van der Waals surface area contributed by atoms with Crippen LogP contribution < -0.4 is 5.73 Å². The molecule has 0 amide bonds. The Balaban J connectivity index is 1.97. The van der Waals surface area contributed by atoms with E-state index in [-0.39, 0.29) is 0 Å². The summed E-state index contributed by atoms with van der Waals surface area (Å²) in [5.74, 6) is 0.991. The van der Waals surface area contributed by atoms with Crippen LogP contribution in [0.25, 0.3) is 0 Å². The van der Waals surface area contributed by atoms with E-state index in [0.717, 1.165) is 19.3 Å². The zero-order valence-corrected chi connectivity index (χ0v) is 11.3. The Labute approximate surface area is 104 Å². The Kier molecular flexibility index (Phi) is 4.07. The number of hydrogen-bond acceptors (Lipinski definition) is 3. The molecule has 6 heteroatoms. The van der Waals surface area contributed by atoms with Gasteiger partial charge < -0.3 is 5.73 Å². The summed E-state index contributed by atoms with van der Waals surface area (Å²) < 4.78 is 28.0. The molecule has 0 aromatic carbocycles. The number of hydrogen-bond donors (Lipinski definition) is 1. The molecule has 0 aromatic heterocycles. The molecule has 1 atom stereocenters. The molecule has 2 N–H and O–H groups in total. The number of nitrogens with two attached hydrogens (primary N) is 1. The summed E-state index contributed by atoms with van der Waals surface area (Å²) in [7, 11) is -3.20. The van der Waals surface area contributed by atoms with Crippen LogP contribution in [0.4, 0.5) is 0 Å². The molecule has 0 spiro atoms. The lowest BCUT2D eigenvalue weighted by molar-refractivity contribution is 0.262. The van der Waals surface area contributed by atoms with Crippen LogP contribution in [-0.2, 0) is 10.2 Å². The maximum absolute atomic E-state index is 12.3. The van der Waals surface area contributed by atoms with Gasteiger partial charge in [-0.3, -0.25) is 0 Å². The van der Waals surface area contributed by atoms with E-state index in [0.29, 0.717) is 44.6 Å². The molecule has 2 fully saturated rings. The minimum atomic E-state index is -3.20. The fraction of sp³-hybridized carbons (Fsp3) is 1.00. The predicted molar refractivity (Wildman–Crippen MR) is 67.6 cm³/mol. The molecule has 0 radical (unpaired) electrons. The summed E-state index contributed by atoms with van der Waals surface area (Å²) in [6.45, 7) is 5.41. The van der Waals surface area contributed by atoms with Gasteiger partial charge in [-0.05, 0) is 37.6 Å². The Hall–Kier alpha value is -0.170. The van der Waals surface area contributed by atoms with E-state index in [1.165, 1.54) is 0 Å². The molecular formula is C11H23N3O2S. The summed E-state index contributed by atoms with van der Waals surface area (Å²) in [5.41, 5.74) is 5.62. The van der Waals surface area contributed by atoms with Crippen LogP contribution in [-0.4, -0.2) is 49.8 Å². The van der Waals surface area contributed by atoms with Crippen LogP contribution >= 0.6 is 0 Å². The second-order valence-corrected chi connectivity index (χ2v) is 7.27. The van der Waals surface area contributed by atoms with Gasteiger partial charge in [0, 0.05) is 26.2 Å². The van der Waals surface area contributed by atoms with Crippen molar-refractivity contribution in [3.8, 4) is 0 Å². The van der Waals surface area contributed by atoms with Crippen molar-refractivity contribution >= 4 is 10.2 Å². The van der Waals surface area contributed by atoms with Gasteiger partial charge >= 0.3 is 0 Å². The first-order chi connectivity index (χ1) is 8.04. The van der Waals surface area contributed by atoms with Crippen molar-refractivity contribution in [2.24, 2.45) is 17.6 Å². The summed E-state index contributed by atoms with van der Waals surface area (Å²) in [6.07, 6.45) is 2.79. The van der Waals surface area contributed by atoms with Crippen molar-refractivity contribution in [3.05, 3.63) is 0 Å². The van der Waals surface area contributed by atoms with Gasteiger partial charge in [0.05, 0.1) is 0 Å². The van der Waals surface area contributed by atoms with Gasteiger partial charge in [-0.25, -0.2) is 0 Å². The monoisotopic (exact) mass is 261 g/mol. The maximum Gasteiger partial charge on any atom is 0.281 e. The fourth-order valence-corrected chi connectivity index (χ4v) is 4.42. The Morgan fingerprint density at radius 2 is 1.71 bits per heavy atom. The minimum Gasteiger partial charge on any atom is -0.330 e. The van der Waals surface area contributed by atoms with Crippen molar-refractivity contribution < 1.29 is 8.42 Å². The standard InChI is InChI=1S/C11H23N3O2S/c1-10-2-5-14(9-10)17(15,16)13-6-3-11(8-12)4-7-13/h10-11H,2-9,12H2,1H3. The molecule has 1 unspecified atom stereocenters. The molecular weight excluding hydrogens is 238 g/mol. The molecule has 100 valence electrons. The van der Waals surface area contributed by atoms with Crippen LogP contribution in [0.1, 0.15) is 26.2 Å². The van der Waals surface area contributed by atoms with Crippen LogP contribution in [0.3, 0.4) is 0 Å². The maximum atomic E-state index is 12.3. The Morgan fingerprint density at radius 1 is 1.12 bits per heavy atom. The molecule has 17 heavy (non-hydrogen) atoms. The number of rotatable bonds is 3. The quantitative estimate of drug-likeness (QED) is 0.791. The van der Waals surface area contributed by atoms with E-state index in [9.17, 15) is 8.42 Å². The summed E-state index contributed by atoms with van der Waals surface area (Å²) in [4.78, 5) is 0. The van der Waals surface area contributed by atoms with Gasteiger partial charge in [-0.1, -0.05) is 6.92 Å². The van der Waals surface area contributed by atoms with E-state index < -0.39 is 10.2 Å². The zero-order valence-electron chi connectivity index (χ0n) is 10.5. The fourth-order valence-electron chi connectivity index (χ4n) is 2.64. The largest absolute Gasteiger partial charge is 0.330 e. The highest BCUT2D eigenvalue weighted by atomic mass is 32.2. The summed E-state index contributed by atoms with van der Waals surface area (Å²) in [6, 6.07) is 0. The lowest BCUT2D eigenvalue weighted by Crippen LogP contribution is -2.47. The summed E-state index contributed by atoms with van der Waals surface area (Å²) >= 11 is 0. The predicted octanol–water partition coefficient (Wildman–Crippen LogP) is 0.244. The lowest BCUT2D eigenvalue weighted by Gasteiger charge is -2.33. The van der Waals surface area contributed by atoms with Gasteiger partial charge in [0.1, 0.15) is 0 Å². The van der Waals surface area contributed by atoms with E-state index in [1.807, 2.05) is 0 Å². The van der Waals surface area contributed by atoms with Crippen molar-refractivity contribution in [1.82, 2.24) is 8.61 Å². The third kappa shape index (κ3) is 2.81. The van der Waals surface area contributed by atoms with Gasteiger partial charge in [-0.2, -0.15) is 17.0 Å². The molecule has 2 saturated heterocycles. The van der Waals surface area contributed by atoms with E-state index in [4.69, 9.17) is 5.73 Å². The SMILES string of the molecule is CC1CCN(S(=O)(=O)N2CCC(CN)CC2)C1. The molecule has 2 aliphatic heterocycles. The van der Waals surface area contributed by atoms with Crippen LogP contribution in [0.15, 0.2) is 0 Å². The van der Waals surface area contributed by atoms with Gasteiger partial charge in [0.15, 0.2) is 0 Å². The third-order valence-electron chi connectivity index (χ3n) is 3.95. The smallest absolute Gasteiger partial charge is 0.281 e. The topological polar surface area (TPSA) is 66.6 Å². The summed E-state index contributed by atoms with van der Waals surface area (Å²) in [5, 5.41) is 0. The van der Waals surface area contributed by atoms with Crippen LogP contribution in [0.5, 0.6) is 0 Å².